The van der Waals surface area contributed by atoms with Gasteiger partial charge in [0.1, 0.15) is 18.8 Å². The van der Waals surface area contributed by atoms with E-state index in [1.807, 2.05) is 0 Å². The van der Waals surface area contributed by atoms with Gasteiger partial charge in [0.2, 0.25) is 0 Å². The molecule has 12 nitrogen and oxygen atoms in total. The minimum Gasteiger partial charge on any atom is -0.479 e. The number of hydrogen-bond donors (Lipinski definition) is 3. The SMILES string of the molecule is CC/C=C\C/C=C\C/C=C\C/C=C\CCCCCCC(=O)OCC(COC1OC(C(=O)O)C(O)C(O)C1OC(=O)CCCCCCCCCCC)OC(=O)CCCCCCCCCCC. The summed E-state index contributed by atoms with van der Waals surface area (Å²) in [7, 11) is 0. The van der Waals surface area contributed by atoms with Crippen molar-refractivity contribution in [1.29, 1.82) is 0 Å². The lowest BCUT2D eigenvalue weighted by Crippen LogP contribution is -2.61. The number of hydrogen-bond acceptors (Lipinski definition) is 11. The summed E-state index contributed by atoms with van der Waals surface area (Å²) in [6.45, 7) is 5.77. The molecule has 0 aromatic heterocycles. The number of carboxylic acids is 1. The first-order valence-electron chi connectivity index (χ1n) is 25.6. The second-order valence-electron chi connectivity index (χ2n) is 17.4. The first-order valence-corrected chi connectivity index (χ1v) is 25.6. The van der Waals surface area contributed by atoms with E-state index in [1.165, 1.54) is 57.8 Å². The molecule has 0 radical (unpaired) electrons. The molecule has 1 saturated heterocycles. The van der Waals surface area contributed by atoms with Crippen molar-refractivity contribution in [3.8, 4) is 0 Å². The molecule has 12 heteroatoms. The fourth-order valence-electron chi connectivity index (χ4n) is 7.48. The highest BCUT2D eigenvalue weighted by Crippen LogP contribution is 2.26. The van der Waals surface area contributed by atoms with Crippen LogP contribution in [0, 0.1) is 0 Å². The lowest BCUT2D eigenvalue weighted by Gasteiger charge is -2.40. The van der Waals surface area contributed by atoms with Gasteiger partial charge in [-0.05, 0) is 57.8 Å². The van der Waals surface area contributed by atoms with Gasteiger partial charge in [-0.2, -0.15) is 0 Å². The first kappa shape index (κ1) is 59.7. The Labute approximate surface area is 393 Å². The molecule has 1 aliphatic rings. The highest BCUT2D eigenvalue weighted by Gasteiger charge is 2.50. The van der Waals surface area contributed by atoms with Gasteiger partial charge in [0.05, 0.1) is 6.61 Å². The highest BCUT2D eigenvalue weighted by molar-refractivity contribution is 5.74. The third kappa shape index (κ3) is 32.9. The smallest absolute Gasteiger partial charge is 0.335 e. The fourth-order valence-corrected chi connectivity index (χ4v) is 7.48. The zero-order chi connectivity index (χ0) is 47.6. The van der Waals surface area contributed by atoms with Crippen molar-refractivity contribution in [3.63, 3.8) is 0 Å². The molecule has 0 aliphatic carbocycles. The van der Waals surface area contributed by atoms with Gasteiger partial charge in [-0.1, -0.05) is 185 Å². The standard InChI is InChI=1S/C53H90O12/c1-4-7-10-13-16-19-20-21-22-23-24-25-26-29-30-33-36-39-45(54)61-42-44(63-46(55)40-37-34-31-27-17-14-11-8-5-2)43-62-53-51(49(58)48(57)50(65-53)52(59)60)64-47(56)41-38-35-32-28-18-15-12-9-6-3/h7,10,16,19,21-22,24-25,44,48-51,53,57-58H,4-6,8-9,11-15,17-18,20,23,26-43H2,1-3H3,(H,59,60)/b10-7-,19-16-,22-21-,25-24-. The zero-order valence-electron chi connectivity index (χ0n) is 40.7. The summed E-state index contributed by atoms with van der Waals surface area (Å²) in [6.07, 6.45) is 35.5. The maximum Gasteiger partial charge on any atom is 0.335 e. The number of esters is 3. The highest BCUT2D eigenvalue weighted by atomic mass is 16.7. The van der Waals surface area contributed by atoms with Gasteiger partial charge in [-0.25, -0.2) is 4.79 Å². The lowest BCUT2D eigenvalue weighted by atomic mass is 9.98. The van der Waals surface area contributed by atoms with Crippen molar-refractivity contribution >= 4 is 23.9 Å². The van der Waals surface area contributed by atoms with E-state index in [0.717, 1.165) is 96.3 Å². The molecule has 1 fully saturated rings. The molecule has 65 heavy (non-hydrogen) atoms. The van der Waals surface area contributed by atoms with Crippen LogP contribution in [0.1, 0.15) is 213 Å². The van der Waals surface area contributed by atoms with Gasteiger partial charge in [0.25, 0.3) is 0 Å². The second-order valence-corrected chi connectivity index (χ2v) is 17.4. The van der Waals surface area contributed by atoms with E-state index in [4.69, 9.17) is 23.7 Å². The second kappa shape index (κ2) is 42.1. The molecule has 6 unspecified atom stereocenters. The van der Waals surface area contributed by atoms with Crippen LogP contribution >= 0.6 is 0 Å². The number of aliphatic hydroxyl groups is 2. The maximum absolute atomic E-state index is 13.0. The van der Waals surface area contributed by atoms with Crippen molar-refractivity contribution in [3.05, 3.63) is 48.6 Å². The number of aliphatic carboxylic acids is 1. The lowest BCUT2D eigenvalue weighted by molar-refractivity contribution is -0.301. The molecule has 6 atom stereocenters. The number of ether oxygens (including phenoxy) is 5. The topological polar surface area (TPSA) is 175 Å². The van der Waals surface area contributed by atoms with Gasteiger partial charge in [0, 0.05) is 19.3 Å². The third-order valence-corrected chi connectivity index (χ3v) is 11.4. The zero-order valence-corrected chi connectivity index (χ0v) is 40.7. The van der Waals surface area contributed by atoms with Crippen LogP contribution in [0.5, 0.6) is 0 Å². The Bertz CT molecular complexity index is 1330. The number of allylic oxidation sites excluding steroid dienone is 8. The van der Waals surface area contributed by atoms with E-state index in [2.05, 4.69) is 69.4 Å². The van der Waals surface area contributed by atoms with Gasteiger partial charge >= 0.3 is 23.9 Å². The van der Waals surface area contributed by atoms with Crippen molar-refractivity contribution in [1.82, 2.24) is 0 Å². The van der Waals surface area contributed by atoms with Crippen LogP contribution in [0.15, 0.2) is 48.6 Å². The molecule has 0 bridgehead atoms. The molecule has 374 valence electrons. The van der Waals surface area contributed by atoms with Gasteiger partial charge in [-0.15, -0.1) is 0 Å². The largest absolute Gasteiger partial charge is 0.479 e. The molecule has 1 rings (SSSR count). The predicted octanol–water partition coefficient (Wildman–Crippen LogP) is 11.9. The summed E-state index contributed by atoms with van der Waals surface area (Å²) in [5.74, 6) is -3.15. The molecule has 0 aromatic carbocycles. The summed E-state index contributed by atoms with van der Waals surface area (Å²) < 4.78 is 28.2. The van der Waals surface area contributed by atoms with E-state index in [1.54, 1.807) is 0 Å². The number of aliphatic hydroxyl groups excluding tert-OH is 2. The summed E-state index contributed by atoms with van der Waals surface area (Å²) >= 11 is 0. The van der Waals surface area contributed by atoms with E-state index < -0.39 is 67.3 Å². The van der Waals surface area contributed by atoms with E-state index in [9.17, 15) is 34.5 Å². The Balaban J connectivity index is 2.71. The molecular weight excluding hydrogens is 829 g/mol. The van der Waals surface area contributed by atoms with Crippen molar-refractivity contribution in [2.24, 2.45) is 0 Å². The maximum atomic E-state index is 13.0. The number of unbranched alkanes of at least 4 members (excludes halogenated alkanes) is 20. The Hall–Kier alpha value is -3.32. The van der Waals surface area contributed by atoms with Crippen LogP contribution in [0.3, 0.4) is 0 Å². The summed E-state index contributed by atoms with van der Waals surface area (Å²) in [5.41, 5.74) is 0. The van der Waals surface area contributed by atoms with Crippen LogP contribution in [-0.2, 0) is 42.9 Å². The quantitative estimate of drug-likeness (QED) is 0.0229. The molecule has 0 spiro atoms. The Kier molecular flexibility index (Phi) is 38.6. The van der Waals surface area contributed by atoms with E-state index >= 15 is 0 Å². The molecule has 0 amide bonds. The molecule has 3 N–H and O–H groups in total. The Morgan fingerprint density at radius 2 is 0.969 bits per heavy atom. The van der Waals surface area contributed by atoms with Crippen LogP contribution in [0.4, 0.5) is 0 Å². The first-order chi connectivity index (χ1) is 31.6. The summed E-state index contributed by atoms with van der Waals surface area (Å²) in [5, 5.41) is 31.2. The fraction of sp³-hybridized carbons (Fsp3) is 0.774. The van der Waals surface area contributed by atoms with Gasteiger partial charge in [0.15, 0.2) is 24.6 Å². The number of carbonyl (C=O) groups excluding carboxylic acids is 3. The van der Waals surface area contributed by atoms with Crippen molar-refractivity contribution in [2.45, 2.75) is 250 Å². The molecule has 1 heterocycles. The number of carbonyl (C=O) groups is 4. The minimum absolute atomic E-state index is 0.0601. The van der Waals surface area contributed by atoms with E-state index in [0.29, 0.717) is 19.3 Å². The van der Waals surface area contributed by atoms with Crippen molar-refractivity contribution in [2.75, 3.05) is 13.2 Å². The number of carboxylic acid groups (broad SMARTS) is 1. The molecule has 0 saturated carbocycles. The van der Waals surface area contributed by atoms with Crippen LogP contribution in [0.2, 0.25) is 0 Å². The number of rotatable bonds is 42. The molecule has 1 aliphatic heterocycles. The van der Waals surface area contributed by atoms with E-state index in [-0.39, 0.29) is 25.9 Å². The minimum atomic E-state index is -1.90. The molecule has 0 aromatic rings. The van der Waals surface area contributed by atoms with Crippen molar-refractivity contribution < 1.29 is 58.2 Å². The van der Waals surface area contributed by atoms with Crippen LogP contribution < -0.4 is 0 Å². The third-order valence-electron chi connectivity index (χ3n) is 11.4. The monoisotopic (exact) mass is 919 g/mol. The summed E-state index contributed by atoms with van der Waals surface area (Å²) in [4.78, 5) is 50.6. The van der Waals surface area contributed by atoms with Gasteiger partial charge in [-0.3, -0.25) is 14.4 Å². The summed E-state index contributed by atoms with van der Waals surface area (Å²) in [6, 6.07) is 0. The Morgan fingerprint density at radius 1 is 0.523 bits per heavy atom. The normalized spacial score (nSPS) is 19.4. The van der Waals surface area contributed by atoms with Crippen LogP contribution in [-0.4, -0.2) is 89.2 Å². The Morgan fingerprint density at radius 3 is 1.48 bits per heavy atom. The van der Waals surface area contributed by atoms with Gasteiger partial charge < -0.3 is 39.0 Å². The van der Waals surface area contributed by atoms with Crippen LogP contribution in [0.25, 0.3) is 0 Å². The predicted molar refractivity (Wildman–Crippen MR) is 257 cm³/mol. The average Bonchev–Trinajstić information content (AvgIpc) is 3.29. The average molecular weight is 919 g/mol. The molecular formula is C53H90O12.